The molecule has 0 unspecified atom stereocenters. The summed E-state index contributed by atoms with van der Waals surface area (Å²) in [6.45, 7) is 3.62. The fourth-order valence-corrected chi connectivity index (χ4v) is 1.40. The molecule has 0 amide bonds. The number of carboxylic acids is 1. The lowest BCUT2D eigenvalue weighted by Crippen LogP contribution is -2.08. The van der Waals surface area contributed by atoms with Gasteiger partial charge in [0.05, 0.1) is 5.56 Å². The molecule has 1 N–H and O–H groups in total. The average molecular weight is 246 g/mol. The minimum absolute atomic E-state index is 0.151. The van der Waals surface area contributed by atoms with E-state index in [1.54, 1.807) is 24.3 Å². The second-order valence-corrected chi connectivity index (χ2v) is 3.49. The van der Waals surface area contributed by atoms with Crippen molar-refractivity contribution in [2.24, 2.45) is 0 Å². The van der Waals surface area contributed by atoms with E-state index in [1.165, 1.54) is 12.2 Å². The summed E-state index contributed by atoms with van der Waals surface area (Å²) in [5.74, 6) is -1.45. The van der Waals surface area contributed by atoms with Gasteiger partial charge in [-0.2, -0.15) is 0 Å². The predicted octanol–water partition coefficient (Wildman–Crippen LogP) is 2.21. The molecule has 1 aromatic carbocycles. The van der Waals surface area contributed by atoms with Gasteiger partial charge in [-0.05, 0) is 18.1 Å². The van der Waals surface area contributed by atoms with E-state index in [1.807, 2.05) is 0 Å². The summed E-state index contributed by atoms with van der Waals surface area (Å²) in [6.07, 6.45) is 4.39. The number of carbonyl (C=O) groups is 2. The van der Waals surface area contributed by atoms with Gasteiger partial charge in [0, 0.05) is 6.08 Å². The molecule has 94 valence electrons. The van der Waals surface area contributed by atoms with Crippen molar-refractivity contribution in [3.05, 3.63) is 60.2 Å². The molecule has 0 radical (unpaired) electrons. The Morgan fingerprint density at radius 3 is 2.72 bits per heavy atom. The Balaban J connectivity index is 2.81. The fraction of sp³-hybridized carbons (Fsp3) is 0.143. The molecule has 0 aliphatic rings. The van der Waals surface area contributed by atoms with Crippen LogP contribution >= 0.6 is 0 Å². The van der Waals surface area contributed by atoms with Crippen LogP contribution in [0.15, 0.2) is 49.1 Å². The first-order chi connectivity index (χ1) is 8.65. The van der Waals surface area contributed by atoms with Crippen LogP contribution < -0.4 is 0 Å². The Hall–Kier alpha value is -2.36. The molecular weight excluding hydrogens is 232 g/mol. The average Bonchev–Trinajstić information content (AvgIpc) is 2.36. The number of carboxylic acid groups (broad SMARTS) is 1. The highest BCUT2D eigenvalue weighted by Gasteiger charge is 2.10. The normalized spacial score (nSPS) is 10.2. The van der Waals surface area contributed by atoms with Gasteiger partial charge in [-0.1, -0.05) is 36.9 Å². The summed E-state index contributed by atoms with van der Waals surface area (Å²) in [7, 11) is 0. The number of carbonyl (C=O) groups excluding carboxylic acids is 1. The zero-order chi connectivity index (χ0) is 13.4. The molecule has 4 heteroatoms. The molecule has 0 bridgehead atoms. The number of esters is 1. The van der Waals surface area contributed by atoms with Gasteiger partial charge in [0.25, 0.3) is 0 Å². The van der Waals surface area contributed by atoms with Crippen LogP contribution in [0.1, 0.15) is 15.9 Å². The van der Waals surface area contributed by atoms with Crippen molar-refractivity contribution in [1.29, 1.82) is 0 Å². The maximum atomic E-state index is 11.7. The molecule has 0 aliphatic heterocycles. The monoisotopic (exact) mass is 246 g/mol. The lowest BCUT2D eigenvalue weighted by Gasteiger charge is -2.06. The SMILES string of the molecule is C=CCOC(=O)c1ccccc1C/C=C/C(=O)O. The van der Waals surface area contributed by atoms with E-state index in [2.05, 4.69) is 6.58 Å². The number of hydrogen-bond acceptors (Lipinski definition) is 3. The Kier molecular flexibility index (Phi) is 5.38. The third-order valence-corrected chi connectivity index (χ3v) is 2.17. The highest BCUT2D eigenvalue weighted by atomic mass is 16.5. The van der Waals surface area contributed by atoms with Gasteiger partial charge >= 0.3 is 11.9 Å². The largest absolute Gasteiger partial charge is 0.478 e. The summed E-state index contributed by atoms with van der Waals surface area (Å²) >= 11 is 0. The fourth-order valence-electron chi connectivity index (χ4n) is 1.40. The Labute approximate surface area is 105 Å². The van der Waals surface area contributed by atoms with Crippen LogP contribution in [0.4, 0.5) is 0 Å². The van der Waals surface area contributed by atoms with Crippen LogP contribution in [-0.2, 0) is 16.0 Å². The highest BCUT2D eigenvalue weighted by molar-refractivity contribution is 5.91. The minimum Gasteiger partial charge on any atom is -0.478 e. The van der Waals surface area contributed by atoms with E-state index in [0.717, 1.165) is 11.6 Å². The van der Waals surface area contributed by atoms with E-state index >= 15 is 0 Å². The van der Waals surface area contributed by atoms with Crippen molar-refractivity contribution in [3.63, 3.8) is 0 Å². The zero-order valence-corrected chi connectivity index (χ0v) is 9.83. The highest BCUT2D eigenvalue weighted by Crippen LogP contribution is 2.11. The molecule has 1 rings (SSSR count). The van der Waals surface area contributed by atoms with Gasteiger partial charge in [-0.25, -0.2) is 9.59 Å². The van der Waals surface area contributed by atoms with E-state index in [9.17, 15) is 9.59 Å². The molecule has 0 saturated heterocycles. The Bertz CT molecular complexity index is 474. The van der Waals surface area contributed by atoms with E-state index < -0.39 is 11.9 Å². The molecule has 0 spiro atoms. The first kappa shape index (κ1) is 13.7. The van der Waals surface area contributed by atoms with Gasteiger partial charge in [-0.3, -0.25) is 0 Å². The topological polar surface area (TPSA) is 63.6 Å². The maximum Gasteiger partial charge on any atom is 0.338 e. The Morgan fingerprint density at radius 1 is 1.33 bits per heavy atom. The molecule has 18 heavy (non-hydrogen) atoms. The van der Waals surface area contributed by atoms with Gasteiger partial charge in [0.2, 0.25) is 0 Å². The van der Waals surface area contributed by atoms with Gasteiger partial charge in [0.1, 0.15) is 6.61 Å². The molecule has 0 heterocycles. The van der Waals surface area contributed by atoms with Crippen LogP contribution in [0.3, 0.4) is 0 Å². The summed E-state index contributed by atoms with van der Waals surface area (Å²) in [4.78, 5) is 22.1. The first-order valence-corrected chi connectivity index (χ1v) is 5.40. The lowest BCUT2D eigenvalue weighted by molar-refractivity contribution is -0.131. The van der Waals surface area contributed by atoms with Crippen molar-refractivity contribution >= 4 is 11.9 Å². The zero-order valence-electron chi connectivity index (χ0n) is 9.83. The maximum absolute atomic E-state index is 11.7. The van der Waals surface area contributed by atoms with Crippen LogP contribution in [0.25, 0.3) is 0 Å². The molecule has 4 nitrogen and oxygen atoms in total. The van der Waals surface area contributed by atoms with Crippen LogP contribution in [0.5, 0.6) is 0 Å². The molecule has 0 fully saturated rings. The summed E-state index contributed by atoms with van der Waals surface area (Å²) < 4.78 is 4.95. The predicted molar refractivity (Wildman–Crippen MR) is 67.4 cm³/mol. The molecule has 0 atom stereocenters. The molecular formula is C14H14O4. The lowest BCUT2D eigenvalue weighted by atomic mass is 10.0. The molecule has 0 aromatic heterocycles. The second-order valence-electron chi connectivity index (χ2n) is 3.49. The van der Waals surface area contributed by atoms with Gasteiger partial charge in [0.15, 0.2) is 0 Å². The molecule has 1 aromatic rings. The van der Waals surface area contributed by atoms with E-state index in [4.69, 9.17) is 9.84 Å². The number of rotatable bonds is 6. The standard InChI is InChI=1S/C14H14O4/c1-2-10-18-14(17)12-8-4-3-6-11(12)7-5-9-13(15)16/h2-6,8-9H,1,7,10H2,(H,15,16)/b9-5+. The number of allylic oxidation sites excluding steroid dienone is 1. The number of aliphatic carboxylic acids is 1. The minimum atomic E-state index is -1.01. The van der Waals surface area contributed by atoms with E-state index in [-0.39, 0.29) is 6.61 Å². The number of benzene rings is 1. The van der Waals surface area contributed by atoms with Crippen molar-refractivity contribution in [2.45, 2.75) is 6.42 Å². The Morgan fingerprint density at radius 2 is 2.06 bits per heavy atom. The molecule has 0 saturated carbocycles. The number of ether oxygens (including phenoxy) is 1. The smallest absolute Gasteiger partial charge is 0.338 e. The van der Waals surface area contributed by atoms with Gasteiger partial charge in [-0.15, -0.1) is 0 Å². The van der Waals surface area contributed by atoms with Crippen molar-refractivity contribution in [3.8, 4) is 0 Å². The van der Waals surface area contributed by atoms with Crippen LogP contribution in [-0.4, -0.2) is 23.7 Å². The van der Waals surface area contributed by atoms with Gasteiger partial charge < -0.3 is 9.84 Å². The third kappa shape index (κ3) is 4.25. The summed E-state index contributed by atoms with van der Waals surface area (Å²) in [5, 5.41) is 8.50. The number of hydrogen-bond donors (Lipinski definition) is 1. The van der Waals surface area contributed by atoms with Crippen molar-refractivity contribution in [1.82, 2.24) is 0 Å². The van der Waals surface area contributed by atoms with Crippen molar-refractivity contribution < 1.29 is 19.4 Å². The summed E-state index contributed by atoms with van der Waals surface area (Å²) in [6, 6.07) is 6.93. The van der Waals surface area contributed by atoms with Crippen LogP contribution in [0.2, 0.25) is 0 Å². The first-order valence-electron chi connectivity index (χ1n) is 5.40. The molecule has 0 aliphatic carbocycles. The quantitative estimate of drug-likeness (QED) is 0.475. The third-order valence-electron chi connectivity index (χ3n) is 2.17. The summed E-state index contributed by atoms with van der Waals surface area (Å²) in [5.41, 5.74) is 1.17. The van der Waals surface area contributed by atoms with Crippen LogP contribution in [0, 0.1) is 0 Å². The second kappa shape index (κ2) is 7.06. The van der Waals surface area contributed by atoms with E-state index in [0.29, 0.717) is 12.0 Å². The van der Waals surface area contributed by atoms with Crippen molar-refractivity contribution in [2.75, 3.05) is 6.61 Å².